The van der Waals surface area contributed by atoms with E-state index in [1.165, 1.54) is 0 Å². The van der Waals surface area contributed by atoms with Crippen LogP contribution >= 0.6 is 11.6 Å². The fourth-order valence-electron chi connectivity index (χ4n) is 1.31. The third-order valence-electron chi connectivity index (χ3n) is 2.01. The van der Waals surface area contributed by atoms with Crippen LogP contribution in [0.15, 0.2) is 30.6 Å². The Hall–Kier alpha value is -1.55. The van der Waals surface area contributed by atoms with Gasteiger partial charge in [-0.2, -0.15) is 0 Å². The number of alkyl halides is 1. The highest BCUT2D eigenvalue weighted by molar-refractivity contribution is 6.19. The molecule has 0 fully saturated rings. The van der Waals surface area contributed by atoms with E-state index >= 15 is 0 Å². The summed E-state index contributed by atoms with van der Waals surface area (Å²) in [6.45, 7) is 0. The Morgan fingerprint density at radius 1 is 1.53 bits per heavy atom. The van der Waals surface area contributed by atoms with Crippen molar-refractivity contribution in [2.24, 2.45) is 0 Å². The van der Waals surface area contributed by atoms with E-state index in [0.717, 1.165) is 5.52 Å². The van der Waals surface area contributed by atoms with E-state index in [1.54, 1.807) is 6.20 Å². The number of pyridine rings is 1. The van der Waals surface area contributed by atoms with Crippen molar-refractivity contribution in [1.29, 1.82) is 0 Å². The van der Waals surface area contributed by atoms with Crippen molar-refractivity contribution < 1.29 is 4.79 Å². The zero-order valence-corrected chi connectivity index (χ0v) is 8.74. The number of carbonyl (C=O) groups excluding carboxylic acids is 1. The highest BCUT2D eigenvalue weighted by Gasteiger charge is 2.06. The maximum atomic E-state index is 11.3. The molecule has 0 atom stereocenters. The van der Waals surface area contributed by atoms with Gasteiger partial charge in [0.2, 0.25) is 11.9 Å². The molecule has 0 saturated heterocycles. The number of hydrogen-bond donors (Lipinski definition) is 1. The minimum absolute atomic E-state index is 0.124. The van der Waals surface area contributed by atoms with Crippen molar-refractivity contribution in [3.63, 3.8) is 0 Å². The lowest BCUT2D eigenvalue weighted by Gasteiger charge is -2.02. The van der Waals surface area contributed by atoms with Crippen LogP contribution in [-0.4, -0.2) is 21.2 Å². The zero-order chi connectivity index (χ0) is 10.7. The third-order valence-corrected chi connectivity index (χ3v) is 2.20. The maximum Gasteiger partial charge on any atom is 0.227 e. The number of imidazole rings is 1. The second kappa shape index (κ2) is 4.31. The van der Waals surface area contributed by atoms with Crippen LogP contribution in [0, 0.1) is 0 Å². The molecule has 15 heavy (non-hydrogen) atoms. The number of fused-ring (bicyclic) bond motifs is 1. The van der Waals surface area contributed by atoms with Crippen molar-refractivity contribution in [2.45, 2.75) is 6.42 Å². The van der Waals surface area contributed by atoms with Gasteiger partial charge in [-0.15, -0.1) is 11.6 Å². The average Bonchev–Trinajstić information content (AvgIpc) is 2.62. The summed E-state index contributed by atoms with van der Waals surface area (Å²) in [4.78, 5) is 15.4. The molecule has 2 heterocycles. The number of halogens is 1. The van der Waals surface area contributed by atoms with Crippen LogP contribution in [-0.2, 0) is 4.79 Å². The average molecular weight is 224 g/mol. The molecule has 1 amide bonds. The summed E-state index contributed by atoms with van der Waals surface area (Å²) >= 11 is 5.47. The summed E-state index contributed by atoms with van der Waals surface area (Å²) in [7, 11) is 0. The summed E-state index contributed by atoms with van der Waals surface area (Å²) in [6, 6.07) is 5.72. The molecule has 78 valence electrons. The highest BCUT2D eigenvalue weighted by Crippen LogP contribution is 2.10. The topological polar surface area (TPSA) is 46.4 Å². The molecule has 0 aliphatic carbocycles. The molecular formula is C10H10ClN3O. The highest BCUT2D eigenvalue weighted by atomic mass is 35.5. The van der Waals surface area contributed by atoms with E-state index in [1.807, 2.05) is 28.8 Å². The molecule has 0 aliphatic rings. The van der Waals surface area contributed by atoms with Crippen LogP contribution in [0.5, 0.6) is 0 Å². The van der Waals surface area contributed by atoms with Gasteiger partial charge in [-0.25, -0.2) is 4.98 Å². The number of amides is 1. The second-order valence-electron chi connectivity index (χ2n) is 3.06. The van der Waals surface area contributed by atoms with E-state index in [-0.39, 0.29) is 5.91 Å². The van der Waals surface area contributed by atoms with Gasteiger partial charge in [0.15, 0.2) is 0 Å². The van der Waals surface area contributed by atoms with Gasteiger partial charge in [-0.05, 0) is 12.1 Å². The lowest BCUT2D eigenvalue weighted by Crippen LogP contribution is -2.13. The lowest BCUT2D eigenvalue weighted by molar-refractivity contribution is -0.115. The fraction of sp³-hybridized carbons (Fsp3) is 0.200. The van der Waals surface area contributed by atoms with Crippen LogP contribution in [0.2, 0.25) is 0 Å². The van der Waals surface area contributed by atoms with E-state index in [0.29, 0.717) is 18.2 Å². The van der Waals surface area contributed by atoms with Gasteiger partial charge in [-0.3, -0.25) is 14.5 Å². The number of nitrogens with zero attached hydrogens (tertiary/aromatic N) is 2. The first-order chi connectivity index (χ1) is 7.31. The monoisotopic (exact) mass is 223 g/mol. The molecule has 0 spiro atoms. The smallest absolute Gasteiger partial charge is 0.227 e. The molecule has 2 aromatic rings. The van der Waals surface area contributed by atoms with Crippen molar-refractivity contribution >= 4 is 29.0 Å². The van der Waals surface area contributed by atoms with Gasteiger partial charge >= 0.3 is 0 Å². The first-order valence-electron chi connectivity index (χ1n) is 4.59. The summed E-state index contributed by atoms with van der Waals surface area (Å²) in [5.74, 6) is 0.719. The van der Waals surface area contributed by atoms with Crippen LogP contribution in [0.1, 0.15) is 6.42 Å². The lowest BCUT2D eigenvalue weighted by atomic mass is 10.4. The Bertz CT molecular complexity index is 480. The molecule has 0 saturated carbocycles. The molecule has 5 heteroatoms. The minimum atomic E-state index is -0.124. The van der Waals surface area contributed by atoms with Crippen LogP contribution < -0.4 is 5.32 Å². The fourth-order valence-corrected chi connectivity index (χ4v) is 1.48. The minimum Gasteiger partial charge on any atom is -0.296 e. The largest absolute Gasteiger partial charge is 0.296 e. The Morgan fingerprint density at radius 2 is 2.40 bits per heavy atom. The number of carbonyl (C=O) groups is 1. The number of anilines is 1. The van der Waals surface area contributed by atoms with E-state index in [4.69, 9.17) is 11.6 Å². The third kappa shape index (κ3) is 2.10. The SMILES string of the molecule is O=C(CCCl)Nc1ncc2ccccn12. The van der Waals surface area contributed by atoms with E-state index in [9.17, 15) is 4.79 Å². The zero-order valence-electron chi connectivity index (χ0n) is 7.98. The van der Waals surface area contributed by atoms with Gasteiger partial charge in [0.25, 0.3) is 0 Å². The van der Waals surface area contributed by atoms with Crippen molar-refractivity contribution in [1.82, 2.24) is 9.38 Å². The van der Waals surface area contributed by atoms with Gasteiger partial charge in [-0.1, -0.05) is 6.07 Å². The van der Waals surface area contributed by atoms with E-state index < -0.39 is 0 Å². The predicted molar refractivity (Wildman–Crippen MR) is 59.2 cm³/mol. The second-order valence-corrected chi connectivity index (χ2v) is 3.44. The Kier molecular flexibility index (Phi) is 2.87. The molecule has 1 N–H and O–H groups in total. The molecule has 4 nitrogen and oxygen atoms in total. The van der Waals surface area contributed by atoms with Crippen molar-refractivity contribution in [3.8, 4) is 0 Å². The van der Waals surface area contributed by atoms with E-state index in [2.05, 4.69) is 10.3 Å². The first kappa shape index (κ1) is 9.98. The summed E-state index contributed by atoms with van der Waals surface area (Å²) in [6.07, 6.45) is 3.85. The predicted octanol–water partition coefficient (Wildman–Crippen LogP) is 1.90. The molecule has 0 unspecified atom stereocenters. The van der Waals surface area contributed by atoms with Gasteiger partial charge in [0, 0.05) is 18.5 Å². The maximum absolute atomic E-state index is 11.3. The Labute approximate surface area is 91.9 Å². The van der Waals surface area contributed by atoms with Gasteiger partial charge < -0.3 is 0 Å². The molecule has 0 aromatic carbocycles. The number of aromatic nitrogens is 2. The quantitative estimate of drug-likeness (QED) is 0.808. The Morgan fingerprint density at radius 3 is 3.20 bits per heavy atom. The van der Waals surface area contributed by atoms with Crippen LogP contribution in [0.25, 0.3) is 5.52 Å². The molecule has 0 radical (unpaired) electrons. The summed E-state index contributed by atoms with van der Waals surface area (Å²) in [5, 5.41) is 2.69. The standard InChI is InChI=1S/C10H10ClN3O/c11-5-4-9(15)13-10-12-7-8-3-1-2-6-14(8)10/h1-3,6-7H,4-5H2,(H,12,13,15). The number of rotatable bonds is 3. The first-order valence-corrected chi connectivity index (χ1v) is 5.12. The molecule has 2 rings (SSSR count). The summed E-state index contributed by atoms with van der Waals surface area (Å²) in [5.41, 5.74) is 0.943. The molecule has 2 aromatic heterocycles. The van der Waals surface area contributed by atoms with Crippen molar-refractivity contribution in [3.05, 3.63) is 30.6 Å². The van der Waals surface area contributed by atoms with Crippen LogP contribution in [0.3, 0.4) is 0 Å². The Balaban J connectivity index is 2.25. The molecule has 0 bridgehead atoms. The van der Waals surface area contributed by atoms with Gasteiger partial charge in [0.05, 0.1) is 11.7 Å². The number of nitrogens with one attached hydrogen (secondary N) is 1. The van der Waals surface area contributed by atoms with Crippen LogP contribution in [0.4, 0.5) is 5.95 Å². The normalized spacial score (nSPS) is 10.5. The molecular weight excluding hydrogens is 214 g/mol. The number of hydrogen-bond acceptors (Lipinski definition) is 2. The summed E-state index contributed by atoms with van der Waals surface area (Å²) < 4.78 is 1.81. The molecule has 0 aliphatic heterocycles. The van der Waals surface area contributed by atoms with Gasteiger partial charge in [0.1, 0.15) is 0 Å². The van der Waals surface area contributed by atoms with Crippen molar-refractivity contribution in [2.75, 3.05) is 11.2 Å².